The van der Waals surface area contributed by atoms with Crippen molar-refractivity contribution in [2.75, 3.05) is 34.3 Å². The summed E-state index contributed by atoms with van der Waals surface area (Å²) in [7, 11) is 5.36. The van der Waals surface area contributed by atoms with E-state index in [4.69, 9.17) is 4.74 Å². The Balaban J connectivity index is 1.96. The molecule has 1 aliphatic heterocycles. The number of ether oxygens (including phenoxy) is 1. The first-order valence-electron chi connectivity index (χ1n) is 11.7. The minimum Gasteiger partial charge on any atom is -0.507 e. The Bertz CT molecular complexity index is 1310. The van der Waals surface area contributed by atoms with Crippen LogP contribution in [0.2, 0.25) is 0 Å². The van der Waals surface area contributed by atoms with Crippen molar-refractivity contribution < 1.29 is 19.4 Å². The van der Waals surface area contributed by atoms with Gasteiger partial charge in [-0.2, -0.15) is 0 Å². The van der Waals surface area contributed by atoms with Crippen LogP contribution in [-0.2, 0) is 15.0 Å². The third-order valence-corrected chi connectivity index (χ3v) is 6.56. The number of para-hydroxylation sites is 1. The van der Waals surface area contributed by atoms with Crippen molar-refractivity contribution in [3.63, 3.8) is 0 Å². The molecule has 184 valence electrons. The third kappa shape index (κ3) is 4.44. The molecule has 1 fully saturated rings. The molecule has 0 saturated carbocycles. The molecule has 2 N–H and O–H groups in total. The predicted molar refractivity (Wildman–Crippen MR) is 138 cm³/mol. The van der Waals surface area contributed by atoms with Crippen LogP contribution in [0.1, 0.15) is 43.5 Å². The lowest BCUT2D eigenvalue weighted by Gasteiger charge is -2.26. The second-order valence-electron chi connectivity index (χ2n) is 10.3. The normalized spacial score (nSPS) is 18.1. The van der Waals surface area contributed by atoms with Gasteiger partial charge in [0.1, 0.15) is 11.5 Å². The second kappa shape index (κ2) is 9.23. The Morgan fingerprint density at radius 3 is 2.51 bits per heavy atom. The van der Waals surface area contributed by atoms with E-state index in [1.54, 1.807) is 11.0 Å². The molecule has 1 unspecified atom stereocenters. The van der Waals surface area contributed by atoms with Crippen molar-refractivity contribution in [3.8, 4) is 5.75 Å². The van der Waals surface area contributed by atoms with Crippen LogP contribution in [0.15, 0.2) is 54.2 Å². The molecule has 4 rings (SSSR count). The number of aliphatic hydroxyl groups is 1. The number of nitrogens with zero attached hydrogens (tertiary/aromatic N) is 2. The molecule has 0 spiro atoms. The number of fused-ring (bicyclic) bond motifs is 1. The van der Waals surface area contributed by atoms with Crippen molar-refractivity contribution in [1.29, 1.82) is 0 Å². The van der Waals surface area contributed by atoms with E-state index in [0.717, 1.165) is 22.0 Å². The van der Waals surface area contributed by atoms with Crippen molar-refractivity contribution >= 4 is 28.4 Å². The maximum absolute atomic E-state index is 13.4. The molecule has 3 aromatic rings. The molecule has 7 nitrogen and oxygen atoms in total. The SMILES string of the molecule is COc1ccc(C(C)(C)C)cc1/C(O)=C1\C(=O)C(=O)N(CCN(C)C)C1c1c[nH]c2ccccc12. The maximum atomic E-state index is 13.4. The first kappa shape index (κ1) is 24.5. The van der Waals surface area contributed by atoms with Crippen LogP contribution in [0.4, 0.5) is 0 Å². The summed E-state index contributed by atoms with van der Waals surface area (Å²) in [6.07, 6.45) is 1.82. The zero-order chi connectivity index (χ0) is 25.5. The van der Waals surface area contributed by atoms with Crippen molar-refractivity contribution in [2.45, 2.75) is 32.2 Å². The fourth-order valence-electron chi connectivity index (χ4n) is 4.57. The molecule has 0 aliphatic carbocycles. The zero-order valence-electron chi connectivity index (χ0n) is 21.2. The summed E-state index contributed by atoms with van der Waals surface area (Å²) >= 11 is 0. The van der Waals surface area contributed by atoms with Gasteiger partial charge in [0.25, 0.3) is 11.7 Å². The van der Waals surface area contributed by atoms with Crippen molar-refractivity contribution in [2.24, 2.45) is 0 Å². The van der Waals surface area contributed by atoms with Gasteiger partial charge in [0, 0.05) is 35.8 Å². The van der Waals surface area contributed by atoms with Crippen LogP contribution >= 0.6 is 0 Å². The van der Waals surface area contributed by atoms with E-state index in [2.05, 4.69) is 25.8 Å². The number of benzene rings is 2. The number of H-pyrrole nitrogens is 1. The lowest BCUT2D eigenvalue weighted by atomic mass is 9.85. The number of hydrogen-bond acceptors (Lipinski definition) is 5. The van der Waals surface area contributed by atoms with Crippen LogP contribution in [0.5, 0.6) is 5.75 Å². The van der Waals surface area contributed by atoms with E-state index in [9.17, 15) is 14.7 Å². The molecule has 1 aromatic heterocycles. The number of likely N-dealkylation sites (N-methyl/N-ethyl adjacent to an activating group) is 1. The van der Waals surface area contributed by atoms with Gasteiger partial charge in [-0.15, -0.1) is 0 Å². The van der Waals surface area contributed by atoms with E-state index >= 15 is 0 Å². The molecule has 1 saturated heterocycles. The van der Waals surface area contributed by atoms with Crippen LogP contribution in [0.3, 0.4) is 0 Å². The topological polar surface area (TPSA) is 85.9 Å². The number of rotatable bonds is 6. The average molecular weight is 476 g/mol. The molecule has 1 amide bonds. The van der Waals surface area contributed by atoms with Gasteiger partial charge in [-0.1, -0.05) is 45.0 Å². The predicted octanol–water partition coefficient (Wildman–Crippen LogP) is 4.46. The molecule has 2 heterocycles. The third-order valence-electron chi connectivity index (χ3n) is 6.56. The summed E-state index contributed by atoms with van der Waals surface area (Å²) in [5.74, 6) is -1.10. The summed E-state index contributed by atoms with van der Waals surface area (Å²) in [4.78, 5) is 33.4. The lowest BCUT2D eigenvalue weighted by Crippen LogP contribution is -2.35. The molecular formula is C28H33N3O4. The molecule has 1 atom stereocenters. The minimum absolute atomic E-state index is 0.0721. The van der Waals surface area contributed by atoms with Gasteiger partial charge in [0.15, 0.2) is 0 Å². The van der Waals surface area contributed by atoms with Gasteiger partial charge in [-0.25, -0.2) is 0 Å². The molecule has 2 aromatic carbocycles. The summed E-state index contributed by atoms with van der Waals surface area (Å²) in [6.45, 7) is 7.15. The number of hydrogen-bond donors (Lipinski definition) is 2. The average Bonchev–Trinajstić information content (AvgIpc) is 3.35. The fourth-order valence-corrected chi connectivity index (χ4v) is 4.57. The number of likely N-dealkylation sites (tertiary alicyclic amines) is 1. The zero-order valence-corrected chi connectivity index (χ0v) is 21.2. The minimum atomic E-state index is -0.728. The van der Waals surface area contributed by atoms with E-state index < -0.39 is 17.7 Å². The molecular weight excluding hydrogens is 442 g/mol. The molecule has 0 radical (unpaired) electrons. The Labute approximate surface area is 206 Å². The summed E-state index contributed by atoms with van der Waals surface area (Å²) in [5, 5.41) is 12.5. The summed E-state index contributed by atoms with van der Waals surface area (Å²) in [5.41, 5.74) is 2.93. The molecule has 7 heteroatoms. The number of carbonyl (C=O) groups excluding carboxylic acids is 2. The Hall–Kier alpha value is -3.58. The number of ketones is 1. The second-order valence-corrected chi connectivity index (χ2v) is 10.3. The van der Waals surface area contributed by atoms with Gasteiger partial charge in [0.05, 0.1) is 24.3 Å². The highest BCUT2D eigenvalue weighted by atomic mass is 16.5. The highest BCUT2D eigenvalue weighted by Crippen LogP contribution is 2.43. The number of methoxy groups -OCH3 is 1. The molecule has 0 bridgehead atoms. The smallest absolute Gasteiger partial charge is 0.295 e. The standard InChI is InChI=1S/C28H33N3O4/c1-28(2,3)17-11-12-22(35-6)19(15-17)25(32)23-24(20-16-29-21-10-8-7-9-18(20)21)31(14-13-30(4)5)27(34)26(23)33/h7-12,15-16,24,29,32H,13-14H2,1-6H3/b25-23+. The number of aromatic amines is 1. The highest BCUT2D eigenvalue weighted by molar-refractivity contribution is 6.46. The Kier molecular flexibility index (Phi) is 6.47. The van der Waals surface area contributed by atoms with Gasteiger partial charge in [0.2, 0.25) is 0 Å². The number of amides is 1. The largest absolute Gasteiger partial charge is 0.507 e. The van der Waals surface area contributed by atoms with Crippen molar-refractivity contribution in [1.82, 2.24) is 14.8 Å². The highest BCUT2D eigenvalue weighted by Gasteiger charge is 2.47. The van der Waals surface area contributed by atoms with Gasteiger partial charge in [-0.05, 0) is 43.3 Å². The van der Waals surface area contributed by atoms with Crippen LogP contribution < -0.4 is 4.74 Å². The van der Waals surface area contributed by atoms with Gasteiger partial charge in [-0.3, -0.25) is 9.59 Å². The lowest BCUT2D eigenvalue weighted by molar-refractivity contribution is -0.140. The number of Topliss-reactive ketones (excluding diaryl/α,β-unsaturated/α-hetero) is 1. The number of aliphatic hydroxyl groups excluding tert-OH is 1. The van der Waals surface area contributed by atoms with Gasteiger partial charge < -0.3 is 24.6 Å². The molecule has 35 heavy (non-hydrogen) atoms. The van der Waals surface area contributed by atoms with E-state index in [1.807, 2.05) is 61.6 Å². The monoisotopic (exact) mass is 475 g/mol. The Morgan fingerprint density at radius 2 is 1.86 bits per heavy atom. The van der Waals surface area contributed by atoms with E-state index in [0.29, 0.717) is 24.4 Å². The summed E-state index contributed by atoms with van der Waals surface area (Å²) in [6, 6.07) is 12.6. The van der Waals surface area contributed by atoms with Crippen LogP contribution in [-0.4, -0.2) is 65.9 Å². The molecule has 1 aliphatic rings. The van der Waals surface area contributed by atoms with Gasteiger partial charge >= 0.3 is 0 Å². The van der Waals surface area contributed by atoms with E-state index in [1.165, 1.54) is 7.11 Å². The quantitative estimate of drug-likeness (QED) is 0.312. The first-order chi connectivity index (χ1) is 16.5. The number of aromatic nitrogens is 1. The first-order valence-corrected chi connectivity index (χ1v) is 11.7. The number of nitrogens with one attached hydrogen (secondary N) is 1. The fraction of sp³-hybridized carbons (Fsp3) is 0.357. The number of carbonyl (C=O) groups is 2. The summed E-state index contributed by atoms with van der Waals surface area (Å²) < 4.78 is 5.54. The van der Waals surface area contributed by atoms with Crippen LogP contribution in [0.25, 0.3) is 16.7 Å². The van der Waals surface area contributed by atoms with E-state index in [-0.39, 0.29) is 16.7 Å². The van der Waals surface area contributed by atoms with Crippen molar-refractivity contribution in [3.05, 3.63) is 70.9 Å². The Morgan fingerprint density at radius 1 is 1.14 bits per heavy atom. The maximum Gasteiger partial charge on any atom is 0.295 e. The van der Waals surface area contributed by atoms with Crippen LogP contribution in [0, 0.1) is 0 Å².